The van der Waals surface area contributed by atoms with E-state index in [0.29, 0.717) is 23.2 Å². The van der Waals surface area contributed by atoms with Gasteiger partial charge < -0.3 is 15.3 Å². The molecule has 5 fully saturated rings. The van der Waals surface area contributed by atoms with Gasteiger partial charge in [-0.05, 0) is 112 Å². The van der Waals surface area contributed by atoms with Gasteiger partial charge in [0.05, 0.1) is 13.6 Å². The molecule has 5 saturated carbocycles. The number of nitrogens with zero attached hydrogens (tertiary/aromatic N) is 6. The van der Waals surface area contributed by atoms with E-state index in [2.05, 4.69) is 253 Å². The van der Waals surface area contributed by atoms with E-state index in [0.717, 1.165) is 127 Å². The second-order valence-electron chi connectivity index (χ2n) is 50.8. The number of carbonyl (C=O) groups excluding carboxylic acids is 3. The molecule has 17 rings (SSSR count). The van der Waals surface area contributed by atoms with Gasteiger partial charge in [-0.15, -0.1) is 35.4 Å². The standard InChI is InChI=1S/C30H35N2Si.C27H33Ge2N2.C26H29GeN2.C17H26O2.2C12H22O2.3Ir/c1-19-18-25-16-17-26-28(24-14-12-23(13-15-24)22-10-8-7-9-11-22)31-21(3)32-29(26)27(25)20(2)30(19)33(4,5)6;1-17-16-21-12-15-23-26(20-10-13-22(14-11-20)28(4,5)6)30-19(3)31-27(23)24(21)18(2)25(17)29(7,8)9;1-16(2)19-8-10-20(11-9-19)25-23-13-12-21-15-22(27(5,6)7)14-17(3)24(21)26(23)29-18(4)28-25;1-16(2,3)14(18)7-15(19)17-8-11-4-12(9-17)6-13(5-11)10-17;1-8(9(13)11(2,3)4)10(14)12(5,6)7;1-7-12(5,6)10(14)8-9(13)11(2,3)4;;;/h12-14,16-18,22H,7-11H2,1-6H3;10,12-16H,1-9H3;8-10,12-16H,1-7H3;7,11-13,19H,4-6,8-10H2,1-3H3;13H,1-7H3;8,14H,7H2,1-6H3;;;/q3*-1;;;;;;. The van der Waals surface area contributed by atoms with Crippen LogP contribution in [0.15, 0.2) is 150 Å². The van der Waals surface area contributed by atoms with Crippen LogP contribution < -0.4 is 18.4 Å². The van der Waals surface area contributed by atoms with Crippen molar-refractivity contribution in [1.29, 1.82) is 0 Å². The minimum atomic E-state index is -2.04. The zero-order chi connectivity index (χ0) is 104. The first kappa shape index (κ1) is 121. The molecule has 4 bridgehead atoms. The first-order chi connectivity index (χ1) is 64.6. The summed E-state index contributed by atoms with van der Waals surface area (Å²) in [4.78, 5) is 65.0. The molecule has 5 aliphatic rings. The second kappa shape index (κ2) is 47.2. The van der Waals surface area contributed by atoms with Crippen LogP contribution in [0.2, 0.25) is 71.4 Å². The molecule has 9 aromatic carbocycles. The molecule has 0 amide bonds. The number of allylic oxidation sites excluding steroid dienone is 6. The quantitative estimate of drug-likeness (QED) is 0.0290. The van der Waals surface area contributed by atoms with Crippen LogP contribution in [0.3, 0.4) is 0 Å². The predicted octanol–water partition coefficient (Wildman–Crippen LogP) is 31.8. The summed E-state index contributed by atoms with van der Waals surface area (Å²) in [5, 5.41) is 42.8. The number of benzene rings is 9. The van der Waals surface area contributed by atoms with Gasteiger partial charge >= 0.3 is 356 Å². The number of aliphatic hydroxyl groups is 3. The number of hydrogen-bond donors (Lipinski definition) is 3. The Balaban J connectivity index is 0.000000215. The van der Waals surface area contributed by atoms with Crippen LogP contribution in [0.4, 0.5) is 0 Å². The van der Waals surface area contributed by atoms with Crippen molar-refractivity contribution in [3.8, 4) is 33.8 Å². The molecule has 12 nitrogen and oxygen atoms in total. The summed E-state index contributed by atoms with van der Waals surface area (Å²) in [5.74, 6) is 28.9. The number of aromatic nitrogens is 6. The monoisotopic (exact) mass is 2660 g/mol. The first-order valence-corrected chi connectivity index (χ1v) is 77.3. The summed E-state index contributed by atoms with van der Waals surface area (Å²) in [7, 11) is -1.49. The van der Waals surface area contributed by atoms with E-state index in [1.54, 1.807) is 22.6 Å². The van der Waals surface area contributed by atoms with Crippen molar-refractivity contribution in [2.24, 2.45) is 50.2 Å². The molecule has 0 aliphatic heterocycles. The third kappa shape index (κ3) is 28.9. The number of hydrogen-bond acceptors (Lipinski definition) is 12. The van der Waals surface area contributed by atoms with Crippen molar-refractivity contribution < 1.29 is 90.0 Å². The summed E-state index contributed by atoms with van der Waals surface area (Å²) in [5.41, 5.74) is 17.6. The van der Waals surface area contributed by atoms with Gasteiger partial charge in [-0.2, -0.15) is 0 Å². The third-order valence-corrected chi connectivity index (χ3v) is 45.2. The number of aryl methyl sites for hydroxylation is 8. The van der Waals surface area contributed by atoms with Gasteiger partial charge in [0.15, 0.2) is 17.3 Å². The summed E-state index contributed by atoms with van der Waals surface area (Å²) >= 11 is -5.80. The summed E-state index contributed by atoms with van der Waals surface area (Å²) in [6.45, 7) is 59.1. The van der Waals surface area contributed by atoms with E-state index in [9.17, 15) is 29.7 Å². The number of fused-ring (bicyclic) bond motifs is 9. The zero-order valence-electron chi connectivity index (χ0n) is 93.7. The molecule has 0 spiro atoms. The Bertz CT molecular complexity index is 6720. The Hall–Kier alpha value is -6.80. The van der Waals surface area contributed by atoms with Crippen molar-refractivity contribution in [3.63, 3.8) is 0 Å². The number of Topliss-reactive ketones (excluding diaryl/α,β-unsaturated/α-hetero) is 1. The van der Waals surface area contributed by atoms with Gasteiger partial charge in [-0.3, -0.25) is 19.4 Å². The fraction of sp³-hybridized carbons (Fsp3) is 0.492. The molecular weight excluding hydrogens is 2490 g/mol. The Labute approximate surface area is 909 Å². The SMILES string of the molecule is CC(C(=O)C(C)(C)C)=C(O)C(C)(C)C.CC(C)(C)C(=O)C=C(O)C12CC3CC(CC(C3)C1)C2.CCC(C)(C)C(O)=CC(=O)C(C)(C)C.Cc1nc(-c2[c-]c[c]([Ge]([CH3])([CH3])[CH3])cc2)c2ccc3cc(C)[c]([Ge]([CH3])([CH3])[CH3])c(C)c3c2n1.Cc1nc(-c2[c-]cc(C(C)C)cc2)c2ccc3c[c]([Ge]([CH3])([CH3])[CH3])cc(C)c3c2n1.Cc1nc(-c2[c-]cc(C3CCCCC3)cc2)c2ccc3cc(C)c([Si](C)(C)C)c(C)c3c2n1.[Ir].[Ir].[Ir]. The molecule has 3 N–H and O–H groups in total. The van der Waals surface area contributed by atoms with Crippen LogP contribution >= 0.6 is 0 Å². The molecule has 19 heteroatoms. The van der Waals surface area contributed by atoms with Crippen molar-refractivity contribution in [3.05, 3.63) is 225 Å². The summed E-state index contributed by atoms with van der Waals surface area (Å²) in [6.07, 6.45) is 17.9. The molecule has 0 saturated heterocycles. The molecule has 775 valence electrons. The minimum Gasteiger partial charge on any atom is -0.283 e. The number of rotatable bonds is 15. The van der Waals surface area contributed by atoms with Crippen LogP contribution in [0.25, 0.3) is 98.8 Å². The van der Waals surface area contributed by atoms with E-state index >= 15 is 0 Å². The van der Waals surface area contributed by atoms with Crippen LogP contribution in [0.1, 0.15) is 270 Å². The van der Waals surface area contributed by atoms with E-state index in [-0.39, 0.29) is 105 Å². The van der Waals surface area contributed by atoms with E-state index in [1.165, 1.54) is 137 Å². The largest absolute Gasteiger partial charge is 0.283 e. The average molecular weight is 2660 g/mol. The van der Waals surface area contributed by atoms with Crippen LogP contribution in [-0.4, -0.2) is 110 Å². The molecule has 0 atom stereocenters. The molecule has 3 radical (unpaired) electrons. The van der Waals surface area contributed by atoms with Crippen molar-refractivity contribution >= 4 is 149 Å². The predicted molar refractivity (Wildman–Crippen MR) is 608 cm³/mol. The normalized spacial score (nSPS) is 17.2. The molecule has 0 unspecified atom stereocenters. The minimum absolute atomic E-state index is 0. The van der Waals surface area contributed by atoms with Gasteiger partial charge in [0, 0.05) is 116 Å². The zero-order valence-corrected chi connectivity index (χ0v) is 108. The molecular formula is C124H167Ge3Ir3N6O6Si-3. The van der Waals surface area contributed by atoms with Crippen LogP contribution in [0, 0.1) is 124 Å². The summed E-state index contributed by atoms with van der Waals surface area (Å²) in [6, 6.07) is 53.3. The number of aliphatic hydroxyl groups excluding tert-OH is 3. The molecule has 143 heavy (non-hydrogen) atoms. The van der Waals surface area contributed by atoms with Gasteiger partial charge in [0.1, 0.15) is 23.1 Å². The Morgan fingerprint density at radius 3 is 1.25 bits per heavy atom. The molecule has 5 aliphatic carbocycles. The van der Waals surface area contributed by atoms with Crippen LogP contribution in [0.5, 0.6) is 0 Å². The first-order valence-electron chi connectivity index (χ1n) is 51.7. The van der Waals surface area contributed by atoms with Crippen LogP contribution in [-0.2, 0) is 74.7 Å². The van der Waals surface area contributed by atoms with Gasteiger partial charge in [-0.25, -0.2) is 4.98 Å². The maximum atomic E-state index is 12.1. The molecule has 12 aromatic rings. The Morgan fingerprint density at radius 1 is 0.462 bits per heavy atom. The number of carbonyl (C=O) groups is 3. The third-order valence-electron chi connectivity index (χ3n) is 29.6. The molecule has 3 heterocycles. The smallest absolute Gasteiger partial charge is 0.116 e. The Morgan fingerprint density at radius 2 is 0.874 bits per heavy atom. The van der Waals surface area contributed by atoms with Crippen molar-refractivity contribution in [2.45, 2.75) is 340 Å². The fourth-order valence-electron chi connectivity index (χ4n) is 22.0. The van der Waals surface area contributed by atoms with Crippen molar-refractivity contribution in [1.82, 2.24) is 29.9 Å². The number of ketones is 3. The fourth-order valence-corrected chi connectivity index (χ4v) is 34.6. The summed E-state index contributed by atoms with van der Waals surface area (Å²) < 4.78 is 4.61. The van der Waals surface area contributed by atoms with E-state index in [4.69, 9.17) is 29.9 Å². The second-order valence-corrected chi connectivity index (χ2v) is 87.6. The van der Waals surface area contributed by atoms with Crippen molar-refractivity contribution in [2.75, 3.05) is 0 Å². The van der Waals surface area contributed by atoms with Gasteiger partial charge in [-0.1, -0.05) is 204 Å². The van der Waals surface area contributed by atoms with Gasteiger partial charge in [0.2, 0.25) is 0 Å². The maximum Gasteiger partial charge on any atom is 0.116 e. The van der Waals surface area contributed by atoms with E-state index in [1.807, 2.05) is 125 Å². The maximum absolute atomic E-state index is 12.1. The van der Waals surface area contributed by atoms with E-state index < -0.39 is 64.1 Å². The topological polar surface area (TPSA) is 189 Å². The Kier molecular flexibility index (Phi) is 40.1. The van der Waals surface area contributed by atoms with Gasteiger partial charge in [0.25, 0.3) is 0 Å². The average Bonchev–Trinajstić information content (AvgIpc) is 0.723. The molecule has 3 aromatic heterocycles.